The lowest BCUT2D eigenvalue weighted by molar-refractivity contribution is 0.0652. The smallest absolute Gasteiger partial charge is 0.269 e. The second-order valence-corrected chi connectivity index (χ2v) is 10.7. The zero-order valence-corrected chi connectivity index (χ0v) is 21.3. The molecule has 5 rings (SSSR count). The van der Waals surface area contributed by atoms with Gasteiger partial charge in [0.05, 0.1) is 44.2 Å². The van der Waals surface area contributed by atoms with Gasteiger partial charge in [-0.25, -0.2) is 17.4 Å². The lowest BCUT2D eigenvalue weighted by atomic mass is 10.1. The summed E-state index contributed by atoms with van der Waals surface area (Å²) in [6.45, 7) is 0.107. The summed E-state index contributed by atoms with van der Waals surface area (Å²) >= 11 is 12.4. The Morgan fingerprint density at radius 1 is 0.917 bits per heavy atom. The fraction of sp³-hybridized carbons (Fsp3) is 0.160. The van der Waals surface area contributed by atoms with Crippen LogP contribution in [0.5, 0.6) is 5.75 Å². The Morgan fingerprint density at radius 3 is 2.25 bits per heavy atom. The van der Waals surface area contributed by atoms with Crippen LogP contribution in [0.15, 0.2) is 65.6 Å². The maximum Gasteiger partial charge on any atom is 0.269 e. The molecule has 0 fully saturated rings. The molecular formula is C25H19Cl2N3O5S. The molecule has 0 saturated heterocycles. The van der Waals surface area contributed by atoms with Crippen LogP contribution in [0.1, 0.15) is 33.0 Å². The summed E-state index contributed by atoms with van der Waals surface area (Å²) in [5, 5.41) is 0.425. The summed E-state index contributed by atoms with van der Waals surface area (Å²) in [5.74, 6) is -0.130. The second-order valence-electron chi connectivity index (χ2n) is 8.14. The first kappa shape index (κ1) is 24.3. The summed E-state index contributed by atoms with van der Waals surface area (Å²) in [7, 11) is -2.66. The minimum absolute atomic E-state index is 0.00817. The van der Waals surface area contributed by atoms with Gasteiger partial charge >= 0.3 is 0 Å². The summed E-state index contributed by atoms with van der Waals surface area (Å²) in [6.07, 6.45) is 0.463. The standard InChI is InChI=1S/C25H19Cl2N3O5S/c1-35-15-6-4-7-16(12-15)36(33,34)30-22-14-20(27)19(26)13-21(22)28-23(30)10-5-11-29-24(31)17-8-2-3-9-18(17)25(29)32/h2-4,6-9,12-14H,5,10-11H2,1H3. The van der Waals surface area contributed by atoms with Crippen molar-refractivity contribution in [3.63, 3.8) is 0 Å². The van der Waals surface area contributed by atoms with Crippen molar-refractivity contribution in [3.05, 3.63) is 87.7 Å². The normalized spacial score (nSPS) is 13.5. The number of carbonyl (C=O) groups is 2. The number of benzene rings is 3. The van der Waals surface area contributed by atoms with Crippen LogP contribution in [0.4, 0.5) is 0 Å². The van der Waals surface area contributed by atoms with Crippen molar-refractivity contribution >= 4 is 56.1 Å². The average molecular weight is 544 g/mol. The number of aryl methyl sites for hydroxylation is 1. The highest BCUT2D eigenvalue weighted by atomic mass is 35.5. The quantitative estimate of drug-likeness (QED) is 0.310. The Bertz CT molecular complexity index is 1610. The highest BCUT2D eigenvalue weighted by Crippen LogP contribution is 2.32. The third-order valence-corrected chi connectivity index (χ3v) is 8.42. The number of imidazole rings is 1. The molecule has 0 bridgehead atoms. The zero-order valence-electron chi connectivity index (χ0n) is 18.9. The van der Waals surface area contributed by atoms with Gasteiger partial charge in [0.1, 0.15) is 11.6 Å². The molecule has 0 aliphatic carbocycles. The Labute approximate surface area is 217 Å². The molecule has 8 nitrogen and oxygen atoms in total. The first-order valence-electron chi connectivity index (χ1n) is 10.9. The molecule has 2 heterocycles. The number of carbonyl (C=O) groups excluding carboxylic acids is 2. The van der Waals surface area contributed by atoms with Gasteiger partial charge in [-0.2, -0.15) is 0 Å². The first-order chi connectivity index (χ1) is 17.2. The van der Waals surface area contributed by atoms with Gasteiger partial charge in [0.2, 0.25) is 0 Å². The topological polar surface area (TPSA) is 98.6 Å². The number of fused-ring (bicyclic) bond motifs is 2. The van der Waals surface area contributed by atoms with Crippen LogP contribution in [-0.2, 0) is 16.4 Å². The first-order valence-corrected chi connectivity index (χ1v) is 13.1. The average Bonchev–Trinajstić information content (AvgIpc) is 3.34. The zero-order chi connectivity index (χ0) is 25.6. The lowest BCUT2D eigenvalue weighted by Crippen LogP contribution is -2.31. The summed E-state index contributed by atoms with van der Waals surface area (Å²) in [6, 6.07) is 15.7. The third kappa shape index (κ3) is 4.03. The monoisotopic (exact) mass is 543 g/mol. The van der Waals surface area contributed by atoms with Gasteiger partial charge in [0.15, 0.2) is 0 Å². The minimum Gasteiger partial charge on any atom is -0.497 e. The number of amides is 2. The number of methoxy groups -OCH3 is 1. The number of aromatic nitrogens is 2. The van der Waals surface area contributed by atoms with Crippen molar-refractivity contribution in [2.24, 2.45) is 0 Å². The van der Waals surface area contributed by atoms with E-state index in [9.17, 15) is 18.0 Å². The van der Waals surface area contributed by atoms with E-state index in [2.05, 4.69) is 4.98 Å². The number of hydrogen-bond donors (Lipinski definition) is 0. The van der Waals surface area contributed by atoms with Crippen molar-refractivity contribution < 1.29 is 22.7 Å². The van der Waals surface area contributed by atoms with Crippen LogP contribution in [0.2, 0.25) is 10.0 Å². The van der Waals surface area contributed by atoms with E-state index in [0.717, 1.165) is 3.97 Å². The minimum atomic E-state index is -4.10. The molecule has 2 amide bonds. The van der Waals surface area contributed by atoms with E-state index < -0.39 is 10.0 Å². The second kappa shape index (κ2) is 9.24. The molecule has 0 unspecified atom stereocenters. The highest BCUT2D eigenvalue weighted by Gasteiger charge is 2.35. The SMILES string of the molecule is COc1cccc(S(=O)(=O)n2c(CCCN3C(=O)c4ccccc4C3=O)nc3cc(Cl)c(Cl)cc32)c1. The molecule has 0 saturated carbocycles. The molecule has 0 spiro atoms. The van der Waals surface area contributed by atoms with Gasteiger partial charge in [-0.3, -0.25) is 14.5 Å². The van der Waals surface area contributed by atoms with Crippen LogP contribution in [0.25, 0.3) is 11.0 Å². The van der Waals surface area contributed by atoms with Gasteiger partial charge in [0, 0.05) is 19.0 Å². The molecule has 0 radical (unpaired) electrons. The van der Waals surface area contributed by atoms with Crippen LogP contribution >= 0.6 is 23.2 Å². The lowest BCUT2D eigenvalue weighted by Gasteiger charge is -2.15. The van der Waals surface area contributed by atoms with E-state index in [0.29, 0.717) is 28.8 Å². The van der Waals surface area contributed by atoms with Crippen molar-refractivity contribution in [2.45, 2.75) is 17.7 Å². The fourth-order valence-corrected chi connectivity index (χ4v) is 6.09. The van der Waals surface area contributed by atoms with E-state index >= 15 is 0 Å². The largest absolute Gasteiger partial charge is 0.497 e. The molecule has 184 valence electrons. The van der Waals surface area contributed by atoms with Gasteiger partial charge in [-0.05, 0) is 42.8 Å². The predicted octanol–water partition coefficient (Wildman–Crippen LogP) is 4.82. The third-order valence-electron chi connectivity index (χ3n) is 5.96. The maximum absolute atomic E-state index is 13.7. The van der Waals surface area contributed by atoms with E-state index in [1.807, 2.05) is 0 Å². The molecular weight excluding hydrogens is 525 g/mol. The van der Waals surface area contributed by atoms with Crippen LogP contribution in [0.3, 0.4) is 0 Å². The number of halogens is 2. The van der Waals surface area contributed by atoms with E-state index in [1.54, 1.807) is 36.4 Å². The Kier molecular flexibility index (Phi) is 6.23. The van der Waals surface area contributed by atoms with Gasteiger partial charge in [-0.15, -0.1) is 0 Å². The highest BCUT2D eigenvalue weighted by molar-refractivity contribution is 7.90. The maximum atomic E-state index is 13.7. The van der Waals surface area contributed by atoms with E-state index in [-0.39, 0.29) is 51.1 Å². The fourth-order valence-electron chi connectivity index (χ4n) is 4.23. The van der Waals surface area contributed by atoms with Crippen LogP contribution in [-0.4, -0.2) is 47.7 Å². The molecule has 1 aliphatic heterocycles. The van der Waals surface area contributed by atoms with Crippen molar-refractivity contribution in [1.29, 1.82) is 0 Å². The molecule has 11 heteroatoms. The molecule has 1 aliphatic rings. The number of imide groups is 1. The number of rotatable bonds is 7. The number of hydrogen-bond acceptors (Lipinski definition) is 6. The van der Waals surface area contributed by atoms with E-state index in [1.165, 1.54) is 36.3 Å². The Morgan fingerprint density at radius 2 is 1.58 bits per heavy atom. The van der Waals surface area contributed by atoms with Crippen molar-refractivity contribution in [2.75, 3.05) is 13.7 Å². The van der Waals surface area contributed by atoms with Gasteiger partial charge < -0.3 is 4.74 Å². The molecule has 1 aromatic heterocycles. The van der Waals surface area contributed by atoms with Crippen LogP contribution < -0.4 is 4.74 Å². The molecule has 36 heavy (non-hydrogen) atoms. The van der Waals surface area contributed by atoms with Crippen molar-refractivity contribution in [1.82, 2.24) is 13.9 Å². The number of ether oxygens (including phenoxy) is 1. The Hall–Kier alpha value is -3.40. The molecule has 3 aromatic carbocycles. The Balaban J connectivity index is 1.50. The molecule has 4 aromatic rings. The summed E-state index contributed by atoms with van der Waals surface area (Å²) in [4.78, 5) is 31.1. The van der Waals surface area contributed by atoms with Gasteiger partial charge in [0.25, 0.3) is 21.8 Å². The summed E-state index contributed by atoms with van der Waals surface area (Å²) < 4.78 is 33.8. The molecule has 0 N–H and O–H groups in total. The number of nitrogens with zero attached hydrogens (tertiary/aromatic N) is 3. The summed E-state index contributed by atoms with van der Waals surface area (Å²) in [5.41, 5.74) is 1.34. The van der Waals surface area contributed by atoms with Gasteiger partial charge in [-0.1, -0.05) is 41.4 Å². The predicted molar refractivity (Wildman–Crippen MR) is 135 cm³/mol. The van der Waals surface area contributed by atoms with Crippen LogP contribution in [0, 0.1) is 0 Å². The molecule has 0 atom stereocenters. The van der Waals surface area contributed by atoms with Crippen molar-refractivity contribution in [3.8, 4) is 5.75 Å². The van der Waals surface area contributed by atoms with E-state index in [4.69, 9.17) is 27.9 Å².